The third-order valence-electron chi connectivity index (χ3n) is 2.82. The maximum atomic E-state index is 11.6. The summed E-state index contributed by atoms with van der Waals surface area (Å²) in [5.74, 6) is 1.44. The molecule has 1 amide bonds. The Labute approximate surface area is 92.7 Å². The predicted octanol–water partition coefficient (Wildman–Crippen LogP) is 0.717. The van der Waals surface area contributed by atoms with Crippen molar-refractivity contribution in [2.24, 2.45) is 5.10 Å². The largest absolute Gasteiger partial charge is 0.483 e. The fraction of sp³-hybridized carbons (Fsp3) is 0.273. The molecular formula is C11H11N3O2. The average molecular weight is 217 g/mol. The first-order chi connectivity index (χ1) is 7.77. The Hall–Kier alpha value is -2.04. The van der Waals surface area contributed by atoms with Crippen molar-refractivity contribution in [1.29, 1.82) is 0 Å². The van der Waals surface area contributed by atoms with Gasteiger partial charge >= 0.3 is 0 Å². The minimum Gasteiger partial charge on any atom is -0.483 e. The number of para-hydroxylation sites is 2. The van der Waals surface area contributed by atoms with Gasteiger partial charge in [-0.1, -0.05) is 12.1 Å². The van der Waals surface area contributed by atoms with Crippen molar-refractivity contribution in [1.82, 2.24) is 5.43 Å². The number of benzene rings is 1. The molecule has 0 fully saturated rings. The Morgan fingerprint density at radius 1 is 1.50 bits per heavy atom. The van der Waals surface area contributed by atoms with Gasteiger partial charge in [-0.2, -0.15) is 5.10 Å². The molecule has 1 aromatic rings. The molecule has 0 saturated heterocycles. The zero-order chi connectivity index (χ0) is 11.1. The highest BCUT2D eigenvalue weighted by Gasteiger charge is 2.34. The van der Waals surface area contributed by atoms with E-state index in [-0.39, 0.29) is 11.9 Å². The summed E-state index contributed by atoms with van der Waals surface area (Å²) in [4.78, 5) is 13.5. The van der Waals surface area contributed by atoms with Crippen LogP contribution >= 0.6 is 0 Å². The number of ether oxygens (including phenoxy) is 1. The van der Waals surface area contributed by atoms with Crippen molar-refractivity contribution in [2.45, 2.75) is 13.0 Å². The number of nitrogens with one attached hydrogen (secondary N) is 1. The van der Waals surface area contributed by atoms with Gasteiger partial charge in [-0.05, 0) is 19.1 Å². The lowest BCUT2D eigenvalue weighted by Gasteiger charge is -2.37. The summed E-state index contributed by atoms with van der Waals surface area (Å²) in [5, 5.41) is 4.00. The topological polar surface area (TPSA) is 53.9 Å². The SMILES string of the molecule is CC1C(=O)NN=C2COc3ccccc3N21. The van der Waals surface area contributed by atoms with Gasteiger partial charge in [-0.15, -0.1) is 0 Å². The molecule has 5 heteroatoms. The first kappa shape index (κ1) is 9.21. The molecule has 2 aliphatic heterocycles. The van der Waals surface area contributed by atoms with E-state index in [1.165, 1.54) is 0 Å². The summed E-state index contributed by atoms with van der Waals surface area (Å²) in [6.07, 6.45) is 0. The molecule has 1 atom stereocenters. The number of fused-ring (bicyclic) bond motifs is 3. The van der Waals surface area contributed by atoms with Crippen molar-refractivity contribution < 1.29 is 9.53 Å². The van der Waals surface area contributed by atoms with E-state index in [2.05, 4.69) is 10.5 Å². The van der Waals surface area contributed by atoms with Crippen LogP contribution in [0, 0.1) is 0 Å². The summed E-state index contributed by atoms with van der Waals surface area (Å²) >= 11 is 0. The van der Waals surface area contributed by atoms with Crippen LogP contribution in [-0.2, 0) is 4.79 Å². The van der Waals surface area contributed by atoms with Crippen LogP contribution in [-0.4, -0.2) is 24.4 Å². The summed E-state index contributed by atoms with van der Waals surface area (Å²) in [6, 6.07) is 7.40. The van der Waals surface area contributed by atoms with E-state index in [1.807, 2.05) is 36.1 Å². The number of hydrogen-bond donors (Lipinski definition) is 1. The molecule has 2 heterocycles. The van der Waals surface area contributed by atoms with E-state index in [0.29, 0.717) is 6.61 Å². The minimum absolute atomic E-state index is 0.0968. The molecule has 16 heavy (non-hydrogen) atoms. The number of hydrazone groups is 1. The van der Waals surface area contributed by atoms with E-state index in [9.17, 15) is 4.79 Å². The van der Waals surface area contributed by atoms with Crippen LogP contribution < -0.4 is 15.1 Å². The van der Waals surface area contributed by atoms with Crippen molar-refractivity contribution in [3.8, 4) is 5.75 Å². The third-order valence-corrected chi connectivity index (χ3v) is 2.82. The quantitative estimate of drug-likeness (QED) is 0.696. The number of nitrogens with zero attached hydrogens (tertiary/aromatic N) is 2. The lowest BCUT2D eigenvalue weighted by atomic mass is 10.1. The van der Waals surface area contributed by atoms with Gasteiger partial charge in [0.2, 0.25) is 0 Å². The van der Waals surface area contributed by atoms with E-state index >= 15 is 0 Å². The van der Waals surface area contributed by atoms with E-state index < -0.39 is 0 Å². The molecule has 0 spiro atoms. The van der Waals surface area contributed by atoms with Crippen molar-refractivity contribution in [3.05, 3.63) is 24.3 Å². The Morgan fingerprint density at radius 3 is 3.19 bits per heavy atom. The number of rotatable bonds is 0. The van der Waals surface area contributed by atoms with Crippen LogP contribution in [0.25, 0.3) is 0 Å². The number of carbonyl (C=O) groups is 1. The molecule has 0 bridgehead atoms. The molecular weight excluding hydrogens is 206 g/mol. The van der Waals surface area contributed by atoms with Crippen molar-refractivity contribution in [2.75, 3.05) is 11.5 Å². The maximum absolute atomic E-state index is 11.6. The van der Waals surface area contributed by atoms with Crippen LogP contribution in [0.4, 0.5) is 5.69 Å². The smallest absolute Gasteiger partial charge is 0.262 e. The molecule has 2 aliphatic rings. The molecule has 1 aromatic carbocycles. The predicted molar refractivity (Wildman–Crippen MR) is 59.5 cm³/mol. The summed E-state index contributed by atoms with van der Waals surface area (Å²) < 4.78 is 5.55. The molecule has 1 unspecified atom stereocenters. The van der Waals surface area contributed by atoms with E-state index in [0.717, 1.165) is 17.3 Å². The molecule has 0 saturated carbocycles. The van der Waals surface area contributed by atoms with Crippen LogP contribution in [0.3, 0.4) is 0 Å². The van der Waals surface area contributed by atoms with Gasteiger partial charge in [0.25, 0.3) is 5.91 Å². The monoisotopic (exact) mass is 217 g/mol. The molecule has 3 rings (SSSR count). The van der Waals surface area contributed by atoms with Crippen LogP contribution in [0.1, 0.15) is 6.92 Å². The number of amidine groups is 1. The normalized spacial score (nSPS) is 22.6. The molecule has 82 valence electrons. The lowest BCUT2D eigenvalue weighted by molar-refractivity contribution is -0.122. The average Bonchev–Trinajstić information content (AvgIpc) is 2.33. The van der Waals surface area contributed by atoms with Gasteiger partial charge in [0.05, 0.1) is 5.69 Å². The number of hydrogen-bond acceptors (Lipinski definition) is 4. The zero-order valence-electron chi connectivity index (χ0n) is 8.80. The van der Waals surface area contributed by atoms with Crippen LogP contribution in [0.5, 0.6) is 5.75 Å². The van der Waals surface area contributed by atoms with E-state index in [1.54, 1.807) is 0 Å². The molecule has 0 aromatic heterocycles. The first-order valence-electron chi connectivity index (χ1n) is 5.15. The second-order valence-electron chi connectivity index (χ2n) is 3.81. The molecule has 5 nitrogen and oxygen atoms in total. The van der Waals surface area contributed by atoms with Gasteiger partial charge in [-0.25, -0.2) is 5.43 Å². The molecule has 0 aliphatic carbocycles. The Morgan fingerprint density at radius 2 is 2.31 bits per heavy atom. The fourth-order valence-electron chi connectivity index (χ4n) is 1.98. The molecule has 1 N–H and O–H groups in total. The van der Waals surface area contributed by atoms with Gasteiger partial charge < -0.3 is 9.64 Å². The maximum Gasteiger partial charge on any atom is 0.262 e. The summed E-state index contributed by atoms with van der Waals surface area (Å²) in [6.45, 7) is 2.24. The van der Waals surface area contributed by atoms with Crippen LogP contribution in [0.2, 0.25) is 0 Å². The number of amides is 1. The Balaban J connectivity index is 2.13. The number of carbonyl (C=O) groups excluding carboxylic acids is 1. The van der Waals surface area contributed by atoms with Gasteiger partial charge in [0.1, 0.15) is 18.4 Å². The van der Waals surface area contributed by atoms with Gasteiger partial charge in [-0.3, -0.25) is 4.79 Å². The Kier molecular flexibility index (Phi) is 1.86. The summed E-state index contributed by atoms with van der Waals surface area (Å²) in [7, 11) is 0. The minimum atomic E-state index is -0.252. The number of anilines is 1. The second-order valence-corrected chi connectivity index (χ2v) is 3.81. The fourth-order valence-corrected chi connectivity index (χ4v) is 1.98. The Bertz CT molecular complexity index is 484. The highest BCUT2D eigenvalue weighted by atomic mass is 16.5. The van der Waals surface area contributed by atoms with Crippen molar-refractivity contribution in [3.63, 3.8) is 0 Å². The first-order valence-corrected chi connectivity index (χ1v) is 5.15. The third kappa shape index (κ3) is 1.18. The summed E-state index contributed by atoms with van der Waals surface area (Å²) in [5.41, 5.74) is 3.39. The molecule has 0 radical (unpaired) electrons. The zero-order valence-corrected chi connectivity index (χ0v) is 8.80. The van der Waals surface area contributed by atoms with Crippen molar-refractivity contribution >= 4 is 17.4 Å². The lowest BCUT2D eigenvalue weighted by Crippen LogP contribution is -2.55. The van der Waals surface area contributed by atoms with Gasteiger partial charge in [0.15, 0.2) is 5.84 Å². The highest BCUT2D eigenvalue weighted by molar-refractivity contribution is 6.09. The van der Waals surface area contributed by atoms with Gasteiger partial charge in [0, 0.05) is 0 Å². The van der Waals surface area contributed by atoms with Crippen LogP contribution in [0.15, 0.2) is 29.4 Å². The highest BCUT2D eigenvalue weighted by Crippen LogP contribution is 2.33. The standard InChI is InChI=1S/C11H11N3O2/c1-7-11(15)13-12-10-6-16-9-5-3-2-4-8(9)14(7)10/h2-5,7H,6H2,1H3,(H,13,15). The second kappa shape index (κ2) is 3.23. The van der Waals surface area contributed by atoms with E-state index in [4.69, 9.17) is 4.74 Å².